The first-order chi connectivity index (χ1) is 6.77. The number of aliphatic hydroxyl groups is 2. The lowest BCUT2D eigenvalue weighted by atomic mass is 10.1. The summed E-state index contributed by atoms with van der Waals surface area (Å²) in [5.41, 5.74) is 0. The molecule has 3 heteroatoms. The van der Waals surface area contributed by atoms with E-state index in [4.69, 9.17) is 10.2 Å². The normalized spacial score (nSPS) is 25.5. The molecule has 0 aromatic heterocycles. The number of likely N-dealkylation sites (tertiary alicyclic amines) is 1. The lowest BCUT2D eigenvalue weighted by Crippen LogP contribution is -2.34. The van der Waals surface area contributed by atoms with Crippen molar-refractivity contribution in [3.63, 3.8) is 0 Å². The molecule has 84 valence electrons. The van der Waals surface area contributed by atoms with Gasteiger partial charge in [0.25, 0.3) is 0 Å². The molecule has 1 heterocycles. The second-order valence-corrected chi connectivity index (χ2v) is 4.44. The molecule has 2 N–H and O–H groups in total. The molecule has 0 radical (unpaired) electrons. The molecule has 0 aromatic rings. The van der Waals surface area contributed by atoms with Crippen molar-refractivity contribution < 1.29 is 10.2 Å². The molecular formula is C11H23NO2. The Labute approximate surface area is 86.7 Å². The van der Waals surface area contributed by atoms with Crippen molar-refractivity contribution in [2.24, 2.45) is 5.92 Å². The standard InChI is InChI=1S/C11H23NO2/c1-10(9-14)8-12-6-2-4-11(12)5-3-7-13/h10-11,13-14H,2-9H2,1H3. The average molecular weight is 201 g/mol. The van der Waals surface area contributed by atoms with E-state index in [1.807, 2.05) is 0 Å². The van der Waals surface area contributed by atoms with E-state index in [0.29, 0.717) is 18.6 Å². The Morgan fingerprint density at radius 3 is 2.86 bits per heavy atom. The molecule has 3 nitrogen and oxygen atoms in total. The smallest absolute Gasteiger partial charge is 0.0468 e. The maximum absolute atomic E-state index is 8.99. The van der Waals surface area contributed by atoms with Crippen LogP contribution in [0.4, 0.5) is 0 Å². The second kappa shape index (κ2) is 6.38. The zero-order chi connectivity index (χ0) is 10.4. The largest absolute Gasteiger partial charge is 0.396 e. The lowest BCUT2D eigenvalue weighted by Gasteiger charge is -2.26. The van der Waals surface area contributed by atoms with Gasteiger partial charge < -0.3 is 15.1 Å². The summed E-state index contributed by atoms with van der Waals surface area (Å²) in [5.74, 6) is 0.379. The molecule has 0 bridgehead atoms. The molecular weight excluding hydrogens is 178 g/mol. The van der Waals surface area contributed by atoms with E-state index in [1.54, 1.807) is 0 Å². The van der Waals surface area contributed by atoms with Gasteiger partial charge in [-0.1, -0.05) is 6.92 Å². The molecule has 1 saturated heterocycles. The van der Waals surface area contributed by atoms with Gasteiger partial charge >= 0.3 is 0 Å². The predicted molar refractivity (Wildman–Crippen MR) is 57.2 cm³/mol. The summed E-state index contributed by atoms with van der Waals surface area (Å²) in [6.45, 7) is 4.84. The van der Waals surface area contributed by atoms with E-state index in [2.05, 4.69) is 11.8 Å². The van der Waals surface area contributed by atoms with Crippen molar-refractivity contribution in [3.05, 3.63) is 0 Å². The van der Waals surface area contributed by atoms with Crippen molar-refractivity contribution in [3.8, 4) is 0 Å². The predicted octanol–water partition coefficient (Wildman–Crippen LogP) is 0.852. The van der Waals surface area contributed by atoms with Gasteiger partial charge in [0.15, 0.2) is 0 Å². The van der Waals surface area contributed by atoms with E-state index >= 15 is 0 Å². The third kappa shape index (κ3) is 3.56. The first-order valence-corrected chi connectivity index (χ1v) is 5.73. The van der Waals surface area contributed by atoms with Gasteiger partial charge in [-0.05, 0) is 38.1 Å². The van der Waals surface area contributed by atoms with Crippen LogP contribution in [0.3, 0.4) is 0 Å². The van der Waals surface area contributed by atoms with Crippen molar-refractivity contribution in [2.75, 3.05) is 26.3 Å². The summed E-state index contributed by atoms with van der Waals surface area (Å²) in [6, 6.07) is 0.649. The van der Waals surface area contributed by atoms with Crippen LogP contribution in [0.15, 0.2) is 0 Å². The highest BCUT2D eigenvalue weighted by atomic mass is 16.3. The zero-order valence-electron chi connectivity index (χ0n) is 9.15. The summed E-state index contributed by atoms with van der Waals surface area (Å²) >= 11 is 0. The zero-order valence-corrected chi connectivity index (χ0v) is 9.15. The van der Waals surface area contributed by atoms with Crippen LogP contribution in [0, 0.1) is 5.92 Å². The SMILES string of the molecule is CC(CO)CN1CCCC1CCCO. The number of hydrogen-bond acceptors (Lipinski definition) is 3. The molecule has 0 saturated carbocycles. The van der Waals surface area contributed by atoms with Crippen LogP contribution in [0.5, 0.6) is 0 Å². The molecule has 0 aliphatic carbocycles. The highest BCUT2D eigenvalue weighted by Crippen LogP contribution is 2.22. The third-order valence-corrected chi connectivity index (χ3v) is 3.05. The quantitative estimate of drug-likeness (QED) is 0.669. The van der Waals surface area contributed by atoms with E-state index in [0.717, 1.165) is 19.4 Å². The number of hydrogen-bond donors (Lipinski definition) is 2. The van der Waals surface area contributed by atoms with Crippen LogP contribution in [0.1, 0.15) is 32.6 Å². The van der Waals surface area contributed by atoms with E-state index < -0.39 is 0 Å². The Morgan fingerprint density at radius 2 is 2.21 bits per heavy atom. The fraction of sp³-hybridized carbons (Fsp3) is 1.00. The Morgan fingerprint density at radius 1 is 1.43 bits per heavy atom. The summed E-state index contributed by atoms with van der Waals surface area (Å²) in [7, 11) is 0. The molecule has 2 atom stereocenters. The first kappa shape index (κ1) is 12.0. The van der Waals surface area contributed by atoms with E-state index in [1.165, 1.54) is 19.4 Å². The van der Waals surface area contributed by atoms with Crippen LogP contribution in [0.25, 0.3) is 0 Å². The lowest BCUT2D eigenvalue weighted by molar-refractivity contribution is 0.155. The second-order valence-electron chi connectivity index (χ2n) is 4.44. The molecule has 0 aromatic carbocycles. The minimum Gasteiger partial charge on any atom is -0.396 e. The van der Waals surface area contributed by atoms with Crippen LogP contribution >= 0.6 is 0 Å². The maximum Gasteiger partial charge on any atom is 0.0468 e. The third-order valence-electron chi connectivity index (χ3n) is 3.05. The molecule has 14 heavy (non-hydrogen) atoms. The van der Waals surface area contributed by atoms with Gasteiger partial charge in [-0.3, -0.25) is 0 Å². The van der Waals surface area contributed by atoms with Crippen LogP contribution in [-0.4, -0.2) is 47.5 Å². The monoisotopic (exact) mass is 201 g/mol. The summed E-state index contributed by atoms with van der Waals surface area (Å²) in [6.07, 6.45) is 4.55. The average Bonchev–Trinajstić information content (AvgIpc) is 2.62. The van der Waals surface area contributed by atoms with Gasteiger partial charge in [0.05, 0.1) is 0 Å². The first-order valence-electron chi connectivity index (χ1n) is 5.73. The Balaban J connectivity index is 2.27. The summed E-state index contributed by atoms with van der Waals surface area (Å²) < 4.78 is 0. The van der Waals surface area contributed by atoms with Crippen molar-refractivity contribution in [1.82, 2.24) is 4.90 Å². The van der Waals surface area contributed by atoms with Crippen LogP contribution in [0.2, 0.25) is 0 Å². The number of aliphatic hydroxyl groups excluding tert-OH is 2. The molecule has 1 aliphatic heterocycles. The fourth-order valence-electron chi connectivity index (χ4n) is 2.25. The van der Waals surface area contributed by atoms with Crippen LogP contribution in [-0.2, 0) is 0 Å². The van der Waals surface area contributed by atoms with Crippen molar-refractivity contribution in [1.29, 1.82) is 0 Å². The van der Waals surface area contributed by atoms with Crippen molar-refractivity contribution in [2.45, 2.75) is 38.6 Å². The summed E-state index contributed by atoms with van der Waals surface area (Å²) in [5, 5.41) is 17.8. The number of rotatable bonds is 6. The van der Waals surface area contributed by atoms with Gasteiger partial charge in [-0.2, -0.15) is 0 Å². The molecule has 1 aliphatic rings. The topological polar surface area (TPSA) is 43.7 Å². The minimum atomic E-state index is 0.281. The molecule has 0 amide bonds. The van der Waals surface area contributed by atoms with E-state index in [9.17, 15) is 0 Å². The maximum atomic E-state index is 8.99. The Hall–Kier alpha value is -0.120. The van der Waals surface area contributed by atoms with E-state index in [-0.39, 0.29) is 6.61 Å². The van der Waals surface area contributed by atoms with Gasteiger partial charge in [0.1, 0.15) is 0 Å². The van der Waals surface area contributed by atoms with Gasteiger partial charge in [0, 0.05) is 25.8 Å². The molecule has 1 rings (SSSR count). The Kier molecular flexibility index (Phi) is 5.45. The minimum absolute atomic E-state index is 0.281. The molecule has 2 unspecified atom stereocenters. The van der Waals surface area contributed by atoms with Gasteiger partial charge in [-0.25, -0.2) is 0 Å². The number of nitrogens with zero attached hydrogens (tertiary/aromatic N) is 1. The summed E-state index contributed by atoms with van der Waals surface area (Å²) in [4.78, 5) is 2.47. The van der Waals surface area contributed by atoms with Crippen molar-refractivity contribution >= 4 is 0 Å². The molecule has 0 spiro atoms. The van der Waals surface area contributed by atoms with Gasteiger partial charge in [0.2, 0.25) is 0 Å². The highest BCUT2D eigenvalue weighted by Gasteiger charge is 2.24. The fourth-order valence-corrected chi connectivity index (χ4v) is 2.25. The van der Waals surface area contributed by atoms with Crippen LogP contribution < -0.4 is 0 Å². The molecule has 1 fully saturated rings. The Bertz CT molecular complexity index is 152. The highest BCUT2D eigenvalue weighted by molar-refractivity contribution is 4.79. The van der Waals surface area contributed by atoms with Gasteiger partial charge in [-0.15, -0.1) is 0 Å².